The SMILES string of the molecule is Cn1cc(C2CNC(=O)CC2NCc2ccccn2)cn1. The molecule has 2 aromatic heterocycles. The van der Waals surface area contributed by atoms with Crippen LogP contribution < -0.4 is 10.6 Å². The Morgan fingerprint density at radius 3 is 3.10 bits per heavy atom. The number of amides is 1. The lowest BCUT2D eigenvalue weighted by atomic mass is 9.88. The minimum atomic E-state index is 0.0914. The van der Waals surface area contributed by atoms with Crippen molar-refractivity contribution in [2.45, 2.75) is 24.9 Å². The van der Waals surface area contributed by atoms with Crippen molar-refractivity contribution in [2.24, 2.45) is 7.05 Å². The number of pyridine rings is 1. The van der Waals surface area contributed by atoms with Gasteiger partial charge in [-0.1, -0.05) is 6.07 Å². The van der Waals surface area contributed by atoms with Crippen LogP contribution in [0.15, 0.2) is 36.8 Å². The molecule has 1 aliphatic heterocycles. The van der Waals surface area contributed by atoms with Gasteiger partial charge >= 0.3 is 0 Å². The highest BCUT2D eigenvalue weighted by Crippen LogP contribution is 2.24. The summed E-state index contributed by atoms with van der Waals surface area (Å²) in [5.74, 6) is 0.328. The highest BCUT2D eigenvalue weighted by molar-refractivity contribution is 5.77. The quantitative estimate of drug-likeness (QED) is 0.862. The molecule has 2 N–H and O–H groups in total. The molecule has 0 aromatic carbocycles. The van der Waals surface area contributed by atoms with Crippen LogP contribution >= 0.6 is 0 Å². The van der Waals surface area contributed by atoms with Crippen molar-refractivity contribution in [3.63, 3.8) is 0 Å². The molecular weight excluding hydrogens is 266 g/mol. The van der Waals surface area contributed by atoms with Gasteiger partial charge in [0.15, 0.2) is 0 Å². The highest BCUT2D eigenvalue weighted by atomic mass is 16.1. The Bertz CT molecular complexity index is 610. The molecule has 6 nitrogen and oxygen atoms in total. The summed E-state index contributed by atoms with van der Waals surface area (Å²) in [7, 11) is 1.90. The van der Waals surface area contributed by atoms with E-state index in [-0.39, 0.29) is 17.9 Å². The van der Waals surface area contributed by atoms with Crippen molar-refractivity contribution in [3.8, 4) is 0 Å². The van der Waals surface area contributed by atoms with Crippen LogP contribution in [0.25, 0.3) is 0 Å². The van der Waals surface area contributed by atoms with Crippen molar-refractivity contribution in [1.29, 1.82) is 0 Å². The Morgan fingerprint density at radius 2 is 2.38 bits per heavy atom. The second-order valence-corrected chi connectivity index (χ2v) is 5.37. The van der Waals surface area contributed by atoms with Gasteiger partial charge in [-0.3, -0.25) is 14.5 Å². The number of hydrogen-bond acceptors (Lipinski definition) is 4. The van der Waals surface area contributed by atoms with Gasteiger partial charge in [0.25, 0.3) is 0 Å². The molecule has 3 rings (SSSR count). The van der Waals surface area contributed by atoms with E-state index in [1.54, 1.807) is 10.9 Å². The molecule has 1 fully saturated rings. The molecule has 2 unspecified atom stereocenters. The number of piperidine rings is 1. The molecule has 0 aliphatic carbocycles. The first-order valence-corrected chi connectivity index (χ1v) is 7.11. The largest absolute Gasteiger partial charge is 0.355 e. The zero-order valence-electron chi connectivity index (χ0n) is 12.0. The topological polar surface area (TPSA) is 71.8 Å². The standard InChI is InChI=1S/C15H19N5O/c1-20-10-11(7-19-20)13-9-18-15(21)6-14(13)17-8-12-4-2-3-5-16-12/h2-5,7,10,13-14,17H,6,8-9H2,1H3,(H,18,21). The molecule has 0 radical (unpaired) electrons. The molecule has 3 heterocycles. The van der Waals surface area contributed by atoms with E-state index in [2.05, 4.69) is 20.7 Å². The fraction of sp³-hybridized carbons (Fsp3) is 0.400. The van der Waals surface area contributed by atoms with Gasteiger partial charge in [-0.15, -0.1) is 0 Å². The van der Waals surface area contributed by atoms with Crippen LogP contribution in [0.2, 0.25) is 0 Å². The number of nitrogens with one attached hydrogen (secondary N) is 2. The summed E-state index contributed by atoms with van der Waals surface area (Å²) in [5.41, 5.74) is 2.13. The lowest BCUT2D eigenvalue weighted by molar-refractivity contribution is -0.123. The molecule has 0 saturated carbocycles. The van der Waals surface area contributed by atoms with E-state index in [0.717, 1.165) is 11.3 Å². The van der Waals surface area contributed by atoms with Crippen molar-refractivity contribution >= 4 is 5.91 Å². The summed E-state index contributed by atoms with van der Waals surface area (Å²) >= 11 is 0. The number of carbonyl (C=O) groups excluding carboxylic acids is 1. The van der Waals surface area contributed by atoms with E-state index in [9.17, 15) is 4.79 Å². The predicted molar refractivity (Wildman–Crippen MR) is 78.4 cm³/mol. The lowest BCUT2D eigenvalue weighted by Crippen LogP contribution is -2.48. The lowest BCUT2D eigenvalue weighted by Gasteiger charge is -2.31. The van der Waals surface area contributed by atoms with Crippen molar-refractivity contribution < 1.29 is 4.79 Å². The van der Waals surface area contributed by atoms with Crippen molar-refractivity contribution in [1.82, 2.24) is 25.4 Å². The minimum Gasteiger partial charge on any atom is -0.355 e. The molecule has 2 aromatic rings. The average Bonchev–Trinajstić information content (AvgIpc) is 2.93. The Hall–Kier alpha value is -2.21. The molecule has 1 aliphatic rings. The fourth-order valence-corrected chi connectivity index (χ4v) is 2.71. The molecule has 1 saturated heterocycles. The molecule has 0 spiro atoms. The Balaban J connectivity index is 1.71. The maximum Gasteiger partial charge on any atom is 0.221 e. The Kier molecular flexibility index (Phi) is 3.96. The van der Waals surface area contributed by atoms with E-state index >= 15 is 0 Å². The monoisotopic (exact) mass is 285 g/mol. The highest BCUT2D eigenvalue weighted by Gasteiger charge is 2.30. The van der Waals surface area contributed by atoms with Crippen LogP contribution in [-0.2, 0) is 18.4 Å². The minimum absolute atomic E-state index is 0.0914. The van der Waals surface area contributed by atoms with Crippen LogP contribution in [0.3, 0.4) is 0 Å². The molecule has 21 heavy (non-hydrogen) atoms. The average molecular weight is 285 g/mol. The van der Waals surface area contributed by atoms with Gasteiger partial charge < -0.3 is 10.6 Å². The number of carbonyl (C=O) groups is 1. The summed E-state index contributed by atoms with van der Waals surface area (Å²) in [6.45, 7) is 1.31. The first-order valence-electron chi connectivity index (χ1n) is 7.11. The van der Waals surface area contributed by atoms with Crippen LogP contribution in [0.1, 0.15) is 23.6 Å². The third-order valence-corrected chi connectivity index (χ3v) is 3.83. The summed E-state index contributed by atoms with van der Waals surface area (Å²) < 4.78 is 1.79. The van der Waals surface area contributed by atoms with E-state index in [0.29, 0.717) is 19.5 Å². The molecular formula is C15H19N5O. The predicted octanol–water partition coefficient (Wildman–Crippen LogP) is 0.577. The Morgan fingerprint density at radius 1 is 1.48 bits per heavy atom. The molecule has 0 bridgehead atoms. The van der Waals surface area contributed by atoms with Gasteiger partial charge in [-0.05, 0) is 17.7 Å². The summed E-state index contributed by atoms with van der Waals surface area (Å²) in [4.78, 5) is 16.0. The van der Waals surface area contributed by atoms with Crippen molar-refractivity contribution in [2.75, 3.05) is 6.54 Å². The van der Waals surface area contributed by atoms with Gasteiger partial charge in [0.05, 0.1) is 11.9 Å². The summed E-state index contributed by atoms with van der Waals surface area (Å²) in [6, 6.07) is 5.95. The normalized spacial score (nSPS) is 22.0. The van der Waals surface area contributed by atoms with E-state index in [1.165, 1.54) is 0 Å². The first-order chi connectivity index (χ1) is 10.2. The first kappa shape index (κ1) is 13.8. The van der Waals surface area contributed by atoms with Gasteiger partial charge in [-0.25, -0.2) is 0 Å². The number of aryl methyl sites for hydroxylation is 1. The van der Waals surface area contributed by atoms with Gasteiger partial charge in [0.2, 0.25) is 5.91 Å². The van der Waals surface area contributed by atoms with Crippen LogP contribution in [0.5, 0.6) is 0 Å². The second kappa shape index (κ2) is 6.05. The zero-order valence-corrected chi connectivity index (χ0v) is 12.0. The van der Waals surface area contributed by atoms with Crippen LogP contribution in [-0.4, -0.2) is 33.3 Å². The van der Waals surface area contributed by atoms with E-state index in [4.69, 9.17) is 0 Å². The van der Waals surface area contributed by atoms with Gasteiger partial charge in [0.1, 0.15) is 0 Å². The third kappa shape index (κ3) is 3.28. The maximum atomic E-state index is 11.7. The van der Waals surface area contributed by atoms with Crippen LogP contribution in [0, 0.1) is 0 Å². The van der Waals surface area contributed by atoms with E-state index in [1.807, 2.05) is 37.6 Å². The van der Waals surface area contributed by atoms with E-state index < -0.39 is 0 Å². The molecule has 1 amide bonds. The zero-order chi connectivity index (χ0) is 14.7. The number of aromatic nitrogens is 3. The van der Waals surface area contributed by atoms with Gasteiger partial charge in [-0.2, -0.15) is 5.10 Å². The number of hydrogen-bond donors (Lipinski definition) is 2. The molecule has 110 valence electrons. The fourth-order valence-electron chi connectivity index (χ4n) is 2.71. The third-order valence-electron chi connectivity index (χ3n) is 3.83. The maximum absolute atomic E-state index is 11.7. The Labute approximate surface area is 123 Å². The summed E-state index contributed by atoms with van der Waals surface area (Å²) in [5, 5.41) is 10.6. The number of nitrogens with zero attached hydrogens (tertiary/aromatic N) is 3. The smallest absolute Gasteiger partial charge is 0.221 e. The molecule has 2 atom stereocenters. The summed E-state index contributed by atoms with van der Waals surface area (Å²) in [6.07, 6.45) is 6.14. The molecule has 6 heteroatoms. The second-order valence-electron chi connectivity index (χ2n) is 5.37. The van der Waals surface area contributed by atoms with Crippen LogP contribution in [0.4, 0.5) is 0 Å². The number of rotatable bonds is 4. The van der Waals surface area contributed by atoms with Gasteiger partial charge in [0, 0.05) is 50.9 Å². The van der Waals surface area contributed by atoms with Crippen molar-refractivity contribution in [3.05, 3.63) is 48.0 Å².